The smallest absolute Gasteiger partial charge is 0.283 e. The zero-order chi connectivity index (χ0) is 14.5. The second-order valence-corrected chi connectivity index (χ2v) is 7.14. The number of anilines is 2. The molecule has 0 heterocycles. The van der Waals surface area contributed by atoms with Gasteiger partial charge in [-0.05, 0) is 24.6 Å². The van der Waals surface area contributed by atoms with Crippen LogP contribution in [0.4, 0.5) is 11.4 Å². The highest BCUT2D eigenvalue weighted by molar-refractivity contribution is 7.92. The Balaban J connectivity index is 2.83. The Labute approximate surface area is 113 Å². The Bertz CT molecular complexity index is 626. The highest BCUT2D eigenvalue weighted by Crippen LogP contribution is 2.17. The summed E-state index contributed by atoms with van der Waals surface area (Å²) in [5.74, 6) is 0.0242. The largest absolute Gasteiger partial charge is 0.296 e. The highest BCUT2D eigenvalue weighted by atomic mass is 32.2. The molecule has 19 heavy (non-hydrogen) atoms. The molecule has 0 unspecified atom stereocenters. The van der Waals surface area contributed by atoms with E-state index in [9.17, 15) is 16.8 Å². The van der Waals surface area contributed by atoms with Crippen LogP contribution in [0.3, 0.4) is 0 Å². The number of benzene rings is 1. The molecule has 1 aromatic carbocycles. The molecule has 0 aliphatic rings. The van der Waals surface area contributed by atoms with Crippen molar-refractivity contribution in [1.82, 2.24) is 0 Å². The Kier molecular flexibility index (Phi) is 5.15. The average molecular weight is 307 g/mol. The third kappa shape index (κ3) is 6.41. The molecular formula is C10H17N3O4S2. The summed E-state index contributed by atoms with van der Waals surface area (Å²) in [4.78, 5) is 0. The first-order valence-electron chi connectivity index (χ1n) is 5.63. The molecule has 0 aliphatic carbocycles. The molecule has 0 aromatic heterocycles. The van der Waals surface area contributed by atoms with E-state index in [1.165, 1.54) is 24.3 Å². The van der Waals surface area contributed by atoms with Gasteiger partial charge in [0.2, 0.25) is 10.0 Å². The molecule has 0 bridgehead atoms. The van der Waals surface area contributed by atoms with Gasteiger partial charge in [0.1, 0.15) is 0 Å². The SMILES string of the molecule is CCCCS(=O)(=O)Nc1cccc(NS(N)(=O)=O)c1. The fraction of sp³-hybridized carbons (Fsp3) is 0.400. The summed E-state index contributed by atoms with van der Waals surface area (Å²) in [6.45, 7) is 1.90. The normalized spacial score (nSPS) is 12.1. The van der Waals surface area contributed by atoms with E-state index in [2.05, 4.69) is 9.44 Å². The van der Waals surface area contributed by atoms with Crippen LogP contribution in [0.5, 0.6) is 0 Å². The van der Waals surface area contributed by atoms with E-state index in [-0.39, 0.29) is 17.1 Å². The van der Waals surface area contributed by atoms with Gasteiger partial charge in [0.05, 0.1) is 17.1 Å². The second-order valence-electron chi connectivity index (χ2n) is 4.00. The minimum absolute atomic E-state index is 0.0242. The van der Waals surface area contributed by atoms with E-state index in [0.717, 1.165) is 6.42 Å². The van der Waals surface area contributed by atoms with Crippen molar-refractivity contribution in [3.8, 4) is 0 Å². The summed E-state index contributed by atoms with van der Waals surface area (Å²) in [6.07, 6.45) is 1.33. The average Bonchev–Trinajstić information content (AvgIpc) is 2.24. The minimum atomic E-state index is -3.88. The van der Waals surface area contributed by atoms with Gasteiger partial charge < -0.3 is 0 Å². The van der Waals surface area contributed by atoms with Gasteiger partial charge in [-0.15, -0.1) is 0 Å². The molecule has 0 amide bonds. The first-order valence-corrected chi connectivity index (χ1v) is 8.83. The maximum Gasteiger partial charge on any atom is 0.296 e. The number of hydrogen-bond acceptors (Lipinski definition) is 4. The lowest BCUT2D eigenvalue weighted by atomic mass is 10.3. The Morgan fingerprint density at radius 2 is 1.68 bits per heavy atom. The van der Waals surface area contributed by atoms with Crippen LogP contribution in [-0.4, -0.2) is 22.6 Å². The van der Waals surface area contributed by atoms with E-state index in [0.29, 0.717) is 6.42 Å². The lowest BCUT2D eigenvalue weighted by Gasteiger charge is -2.09. The Morgan fingerprint density at radius 1 is 1.11 bits per heavy atom. The molecule has 9 heteroatoms. The Hall–Kier alpha value is -1.32. The van der Waals surface area contributed by atoms with Gasteiger partial charge in [0, 0.05) is 0 Å². The molecular weight excluding hydrogens is 290 g/mol. The van der Waals surface area contributed by atoms with Gasteiger partial charge in [-0.3, -0.25) is 9.44 Å². The van der Waals surface area contributed by atoms with E-state index in [1.54, 1.807) is 0 Å². The molecule has 0 saturated heterocycles. The molecule has 7 nitrogen and oxygen atoms in total. The van der Waals surface area contributed by atoms with Gasteiger partial charge in [0.15, 0.2) is 0 Å². The maximum atomic E-state index is 11.7. The van der Waals surface area contributed by atoms with E-state index in [4.69, 9.17) is 5.14 Å². The second kappa shape index (κ2) is 6.22. The van der Waals surface area contributed by atoms with E-state index in [1.807, 2.05) is 6.92 Å². The molecule has 0 aliphatic heterocycles. The van der Waals surface area contributed by atoms with Crippen molar-refractivity contribution in [3.63, 3.8) is 0 Å². The van der Waals surface area contributed by atoms with Gasteiger partial charge in [0.25, 0.3) is 10.2 Å². The molecule has 108 valence electrons. The standard InChI is InChI=1S/C10H17N3O4S2/c1-2-3-7-18(14,15)12-9-5-4-6-10(8-9)13-19(11,16)17/h4-6,8,12-13H,2-3,7H2,1H3,(H2,11,16,17). The van der Waals surface area contributed by atoms with Crippen LogP contribution in [0, 0.1) is 0 Å². The monoisotopic (exact) mass is 307 g/mol. The van der Waals surface area contributed by atoms with Crippen molar-refractivity contribution < 1.29 is 16.8 Å². The van der Waals surface area contributed by atoms with Gasteiger partial charge in [-0.25, -0.2) is 13.6 Å². The van der Waals surface area contributed by atoms with E-state index < -0.39 is 20.2 Å². The summed E-state index contributed by atoms with van der Waals surface area (Å²) >= 11 is 0. The Morgan fingerprint density at radius 3 is 2.21 bits per heavy atom. The topological polar surface area (TPSA) is 118 Å². The van der Waals surface area contributed by atoms with Crippen LogP contribution < -0.4 is 14.6 Å². The van der Waals surface area contributed by atoms with Crippen LogP contribution >= 0.6 is 0 Å². The lowest BCUT2D eigenvalue weighted by Crippen LogP contribution is -2.22. The third-order valence-electron chi connectivity index (χ3n) is 2.16. The molecule has 4 N–H and O–H groups in total. The van der Waals surface area contributed by atoms with Crippen molar-refractivity contribution in [2.45, 2.75) is 19.8 Å². The van der Waals surface area contributed by atoms with Crippen molar-refractivity contribution in [1.29, 1.82) is 0 Å². The zero-order valence-corrected chi connectivity index (χ0v) is 12.1. The number of nitrogens with two attached hydrogens (primary N) is 1. The van der Waals surface area contributed by atoms with Crippen LogP contribution in [-0.2, 0) is 20.2 Å². The van der Waals surface area contributed by atoms with Crippen LogP contribution in [0.1, 0.15) is 19.8 Å². The van der Waals surface area contributed by atoms with Crippen molar-refractivity contribution in [2.24, 2.45) is 5.14 Å². The van der Waals surface area contributed by atoms with Crippen molar-refractivity contribution >= 4 is 31.6 Å². The predicted octanol–water partition coefficient (Wildman–Crippen LogP) is 0.844. The first kappa shape index (κ1) is 15.7. The molecule has 0 radical (unpaired) electrons. The number of hydrogen-bond donors (Lipinski definition) is 3. The van der Waals surface area contributed by atoms with Crippen LogP contribution in [0.15, 0.2) is 24.3 Å². The van der Waals surface area contributed by atoms with Crippen molar-refractivity contribution in [2.75, 3.05) is 15.2 Å². The van der Waals surface area contributed by atoms with Gasteiger partial charge in [-0.1, -0.05) is 19.4 Å². The summed E-state index contributed by atoms with van der Waals surface area (Å²) in [7, 11) is -7.29. The number of nitrogens with one attached hydrogen (secondary N) is 2. The van der Waals surface area contributed by atoms with Crippen LogP contribution in [0.2, 0.25) is 0 Å². The molecule has 0 fully saturated rings. The quantitative estimate of drug-likeness (QED) is 0.691. The van der Waals surface area contributed by atoms with Crippen molar-refractivity contribution in [3.05, 3.63) is 24.3 Å². The predicted molar refractivity (Wildman–Crippen MR) is 75.5 cm³/mol. The fourth-order valence-corrected chi connectivity index (χ4v) is 3.09. The number of rotatable bonds is 7. The molecule has 0 atom stereocenters. The molecule has 1 aromatic rings. The lowest BCUT2D eigenvalue weighted by molar-refractivity contribution is 0.597. The minimum Gasteiger partial charge on any atom is -0.283 e. The summed E-state index contributed by atoms with van der Waals surface area (Å²) in [5.41, 5.74) is 0.475. The molecule has 1 rings (SSSR count). The third-order valence-corrected chi connectivity index (χ3v) is 4.06. The summed E-state index contributed by atoms with van der Waals surface area (Å²) < 4.78 is 49.5. The summed E-state index contributed by atoms with van der Waals surface area (Å²) in [5, 5.41) is 4.83. The molecule has 0 saturated carbocycles. The van der Waals surface area contributed by atoms with Gasteiger partial charge in [-0.2, -0.15) is 8.42 Å². The number of sulfonamides is 1. The number of unbranched alkanes of at least 4 members (excludes halogenated alkanes) is 1. The molecule has 0 spiro atoms. The maximum absolute atomic E-state index is 11.7. The summed E-state index contributed by atoms with van der Waals surface area (Å²) in [6, 6.07) is 5.87. The highest BCUT2D eigenvalue weighted by Gasteiger charge is 2.10. The van der Waals surface area contributed by atoms with Gasteiger partial charge >= 0.3 is 0 Å². The van der Waals surface area contributed by atoms with Crippen LogP contribution in [0.25, 0.3) is 0 Å². The van der Waals surface area contributed by atoms with E-state index >= 15 is 0 Å². The zero-order valence-electron chi connectivity index (χ0n) is 10.5. The first-order chi connectivity index (χ1) is 8.72. The fourth-order valence-electron chi connectivity index (χ4n) is 1.38.